The Morgan fingerprint density at radius 3 is 2.94 bits per heavy atom. The molecule has 0 aliphatic carbocycles. The van der Waals surface area contributed by atoms with E-state index < -0.39 is 0 Å². The highest BCUT2D eigenvalue weighted by atomic mass is 32.1. The molecule has 0 amide bonds. The van der Waals surface area contributed by atoms with Gasteiger partial charge in [-0.15, -0.1) is 0 Å². The summed E-state index contributed by atoms with van der Waals surface area (Å²) in [6.07, 6.45) is 0. The van der Waals surface area contributed by atoms with Crippen molar-refractivity contribution in [1.82, 2.24) is 9.55 Å². The van der Waals surface area contributed by atoms with Gasteiger partial charge < -0.3 is 14.0 Å². The van der Waals surface area contributed by atoms with Gasteiger partial charge in [0.2, 0.25) is 0 Å². The lowest BCUT2D eigenvalue weighted by Gasteiger charge is -2.02. The third-order valence-corrected chi connectivity index (χ3v) is 3.17. The lowest BCUT2D eigenvalue weighted by molar-refractivity contribution is 0.568. The average Bonchev–Trinajstić information content (AvgIpc) is 2.67. The smallest absolute Gasteiger partial charge is 0.362 e. The number of aromatic amines is 1. The third-order valence-electron chi connectivity index (χ3n) is 2.85. The maximum atomic E-state index is 11.8. The predicted molar refractivity (Wildman–Crippen MR) is 68.8 cm³/mol. The fourth-order valence-corrected chi connectivity index (χ4v) is 2.42. The van der Waals surface area contributed by atoms with E-state index in [1.807, 2.05) is 29.7 Å². The number of hydrogen-bond donors (Lipinski definition) is 1. The van der Waals surface area contributed by atoms with Crippen LogP contribution in [0.15, 0.2) is 33.5 Å². The molecule has 2 aromatic heterocycles. The molecule has 0 atom stereocenters. The highest BCUT2D eigenvalue weighted by Crippen LogP contribution is 2.22. The number of fused-ring (bicyclic) bond motifs is 3. The van der Waals surface area contributed by atoms with Crippen LogP contribution in [0.1, 0.15) is 6.92 Å². The first-order valence-electron chi connectivity index (χ1n) is 5.36. The van der Waals surface area contributed by atoms with Gasteiger partial charge in [0.05, 0.1) is 5.52 Å². The fourth-order valence-electron chi connectivity index (χ4n) is 2.10. The van der Waals surface area contributed by atoms with E-state index >= 15 is 0 Å². The topological polar surface area (TPSA) is 50.9 Å². The zero-order valence-electron chi connectivity index (χ0n) is 9.19. The van der Waals surface area contributed by atoms with E-state index in [2.05, 4.69) is 4.98 Å². The van der Waals surface area contributed by atoms with E-state index in [9.17, 15) is 4.79 Å². The minimum atomic E-state index is -0.378. The molecule has 0 saturated carbocycles. The summed E-state index contributed by atoms with van der Waals surface area (Å²) in [7, 11) is 0. The lowest BCUT2D eigenvalue weighted by atomic mass is 10.2. The summed E-state index contributed by atoms with van der Waals surface area (Å²) in [5.41, 5.74) is 1.47. The summed E-state index contributed by atoms with van der Waals surface area (Å²) >= 11 is 5.20. The Morgan fingerprint density at radius 1 is 1.41 bits per heavy atom. The summed E-state index contributed by atoms with van der Waals surface area (Å²) in [6.45, 7) is 2.71. The van der Waals surface area contributed by atoms with Crippen LogP contribution in [0.5, 0.6) is 0 Å². The molecule has 0 aliphatic heterocycles. The molecule has 3 aromatic rings. The Kier molecular flexibility index (Phi) is 2.16. The molecular weight excluding hydrogens is 236 g/mol. The van der Waals surface area contributed by atoms with Crippen LogP contribution >= 0.6 is 12.2 Å². The largest absolute Gasteiger partial charge is 0.421 e. The highest BCUT2D eigenvalue weighted by Gasteiger charge is 2.12. The van der Waals surface area contributed by atoms with Gasteiger partial charge >= 0.3 is 5.63 Å². The first kappa shape index (κ1) is 10.3. The van der Waals surface area contributed by atoms with E-state index in [0.717, 1.165) is 10.9 Å². The number of rotatable bonds is 1. The van der Waals surface area contributed by atoms with Crippen molar-refractivity contribution in [3.63, 3.8) is 0 Å². The first-order chi connectivity index (χ1) is 8.22. The van der Waals surface area contributed by atoms with E-state index in [4.69, 9.17) is 16.6 Å². The van der Waals surface area contributed by atoms with Gasteiger partial charge in [-0.3, -0.25) is 0 Å². The number of benzene rings is 1. The van der Waals surface area contributed by atoms with Crippen molar-refractivity contribution < 1.29 is 4.42 Å². The molecular formula is C12H10N2O2S. The molecule has 2 heterocycles. The molecule has 0 aliphatic rings. The molecule has 17 heavy (non-hydrogen) atoms. The Balaban J connectivity index is 2.72. The molecule has 4 nitrogen and oxygen atoms in total. The number of para-hydroxylation sites is 1. The van der Waals surface area contributed by atoms with Crippen LogP contribution in [-0.4, -0.2) is 9.55 Å². The number of H-pyrrole nitrogens is 1. The molecule has 0 radical (unpaired) electrons. The van der Waals surface area contributed by atoms with Crippen LogP contribution in [0.2, 0.25) is 0 Å². The summed E-state index contributed by atoms with van der Waals surface area (Å²) in [5, 5.41) is 0.899. The third kappa shape index (κ3) is 1.36. The van der Waals surface area contributed by atoms with Crippen molar-refractivity contribution in [1.29, 1.82) is 0 Å². The fraction of sp³-hybridized carbons (Fsp3) is 0.167. The molecule has 0 unspecified atom stereocenters. The normalized spacial score (nSPS) is 11.4. The number of imidazole rings is 1. The van der Waals surface area contributed by atoms with Crippen molar-refractivity contribution in [2.75, 3.05) is 0 Å². The second-order valence-electron chi connectivity index (χ2n) is 3.78. The van der Waals surface area contributed by atoms with Gasteiger partial charge in [-0.2, -0.15) is 0 Å². The Labute approximate surface area is 101 Å². The van der Waals surface area contributed by atoms with Crippen molar-refractivity contribution in [3.8, 4) is 0 Å². The first-order valence-corrected chi connectivity index (χ1v) is 5.77. The van der Waals surface area contributed by atoms with E-state index in [1.54, 1.807) is 6.07 Å². The number of nitrogens with one attached hydrogen (secondary N) is 1. The van der Waals surface area contributed by atoms with Gasteiger partial charge in [0.1, 0.15) is 5.58 Å². The van der Waals surface area contributed by atoms with Gasteiger partial charge in [-0.05, 0) is 31.3 Å². The van der Waals surface area contributed by atoms with Crippen molar-refractivity contribution in [2.24, 2.45) is 0 Å². The molecule has 0 fully saturated rings. The summed E-state index contributed by atoms with van der Waals surface area (Å²) in [6, 6.07) is 7.47. The predicted octanol–water partition coefficient (Wildman–Crippen LogP) is 2.83. The Hall–Kier alpha value is -1.88. The SMILES string of the molecule is CCn1c(=S)[nH]c2c(=O)oc3ccccc3c21. The van der Waals surface area contributed by atoms with E-state index in [0.29, 0.717) is 22.4 Å². The molecule has 0 bridgehead atoms. The Morgan fingerprint density at radius 2 is 2.18 bits per heavy atom. The second kappa shape index (κ2) is 3.56. The van der Waals surface area contributed by atoms with Crippen LogP contribution in [0.25, 0.3) is 22.0 Å². The maximum absolute atomic E-state index is 11.8. The molecule has 1 N–H and O–H groups in total. The van der Waals surface area contributed by atoms with Crippen LogP contribution in [0, 0.1) is 4.77 Å². The van der Waals surface area contributed by atoms with Crippen LogP contribution in [0.3, 0.4) is 0 Å². The van der Waals surface area contributed by atoms with Crippen molar-refractivity contribution in [3.05, 3.63) is 39.5 Å². The van der Waals surface area contributed by atoms with Crippen LogP contribution in [0.4, 0.5) is 0 Å². The summed E-state index contributed by atoms with van der Waals surface area (Å²) < 4.78 is 7.70. The minimum Gasteiger partial charge on any atom is -0.421 e. The number of hydrogen-bond acceptors (Lipinski definition) is 3. The number of aromatic nitrogens is 2. The van der Waals surface area contributed by atoms with Gasteiger partial charge in [0.25, 0.3) is 0 Å². The molecule has 0 saturated heterocycles. The summed E-state index contributed by atoms with van der Waals surface area (Å²) in [4.78, 5) is 14.7. The van der Waals surface area contributed by atoms with Crippen molar-refractivity contribution in [2.45, 2.75) is 13.5 Å². The minimum absolute atomic E-state index is 0.378. The zero-order valence-corrected chi connectivity index (χ0v) is 10.0. The van der Waals surface area contributed by atoms with Crippen LogP contribution < -0.4 is 5.63 Å². The molecule has 3 rings (SSSR count). The van der Waals surface area contributed by atoms with Gasteiger partial charge in [0, 0.05) is 11.9 Å². The monoisotopic (exact) mass is 246 g/mol. The molecule has 1 aromatic carbocycles. The molecule has 0 spiro atoms. The number of nitrogens with zero attached hydrogens (tertiary/aromatic N) is 1. The number of aryl methyl sites for hydroxylation is 1. The highest BCUT2D eigenvalue weighted by molar-refractivity contribution is 7.71. The van der Waals surface area contributed by atoms with Gasteiger partial charge in [-0.1, -0.05) is 12.1 Å². The van der Waals surface area contributed by atoms with Crippen LogP contribution in [-0.2, 0) is 6.54 Å². The van der Waals surface area contributed by atoms with Gasteiger partial charge in [0.15, 0.2) is 10.3 Å². The second-order valence-corrected chi connectivity index (χ2v) is 4.17. The maximum Gasteiger partial charge on any atom is 0.362 e. The lowest BCUT2D eigenvalue weighted by Crippen LogP contribution is -2.01. The summed E-state index contributed by atoms with van der Waals surface area (Å²) in [5.74, 6) is 0. The molecule has 86 valence electrons. The Bertz CT molecular complexity index is 826. The zero-order chi connectivity index (χ0) is 12.0. The van der Waals surface area contributed by atoms with Gasteiger partial charge in [-0.25, -0.2) is 4.79 Å². The molecule has 5 heteroatoms. The standard InChI is InChI=1S/C12H10N2O2S/c1-2-14-10-7-5-3-4-6-8(7)16-11(15)9(10)13-12(14)17/h3-6H,2H2,1H3,(H,13,17). The van der Waals surface area contributed by atoms with Crippen molar-refractivity contribution >= 4 is 34.2 Å². The van der Waals surface area contributed by atoms with E-state index in [-0.39, 0.29) is 5.63 Å². The average molecular weight is 246 g/mol. The quantitative estimate of drug-likeness (QED) is 0.530. The van der Waals surface area contributed by atoms with E-state index in [1.165, 1.54) is 0 Å².